The highest BCUT2D eigenvalue weighted by Gasteiger charge is 2.29. The average molecular weight is 372 g/mol. The van der Waals surface area contributed by atoms with Crippen LogP contribution in [0.25, 0.3) is 0 Å². The first-order valence-electron chi connectivity index (χ1n) is 6.98. The van der Waals surface area contributed by atoms with Gasteiger partial charge in [-0.3, -0.25) is 4.68 Å². The normalized spacial score (nSPS) is 13.6. The van der Waals surface area contributed by atoms with Crippen molar-refractivity contribution in [3.8, 4) is 0 Å². The summed E-state index contributed by atoms with van der Waals surface area (Å²) in [7, 11) is 0. The Morgan fingerprint density at radius 3 is 2.67 bits per heavy atom. The summed E-state index contributed by atoms with van der Waals surface area (Å²) in [6, 6.07) is -0.323. The molecule has 0 aromatic carbocycles. The van der Waals surface area contributed by atoms with E-state index in [1.807, 2.05) is 13.8 Å². The molecule has 0 radical (unpaired) electrons. The van der Waals surface area contributed by atoms with Crippen molar-refractivity contribution in [2.45, 2.75) is 45.5 Å². The number of alkyl halides is 3. The first-order chi connectivity index (χ1) is 9.89. The van der Waals surface area contributed by atoms with E-state index in [4.69, 9.17) is 4.74 Å². The summed E-state index contributed by atoms with van der Waals surface area (Å²) in [6.07, 6.45) is -0.869. The quantitative estimate of drug-likeness (QED) is 0.719. The van der Waals surface area contributed by atoms with E-state index < -0.39 is 12.8 Å². The summed E-state index contributed by atoms with van der Waals surface area (Å²) in [4.78, 5) is 0. The van der Waals surface area contributed by atoms with E-state index in [2.05, 4.69) is 26.3 Å². The third-order valence-electron chi connectivity index (χ3n) is 2.79. The molecular weight excluding hydrogens is 351 g/mol. The average Bonchev–Trinajstić information content (AvgIpc) is 2.74. The van der Waals surface area contributed by atoms with E-state index in [0.29, 0.717) is 13.1 Å². The smallest absolute Gasteiger partial charge is 0.370 e. The number of hydrogen-bond donors (Lipinski definition) is 1. The number of rotatable bonds is 9. The number of nitrogens with zero attached hydrogens (tertiary/aromatic N) is 2. The van der Waals surface area contributed by atoms with Crippen molar-refractivity contribution in [2.24, 2.45) is 0 Å². The van der Waals surface area contributed by atoms with Gasteiger partial charge in [0.1, 0.15) is 6.61 Å². The van der Waals surface area contributed by atoms with Crippen LogP contribution in [0.4, 0.5) is 13.2 Å². The fourth-order valence-electron chi connectivity index (χ4n) is 1.95. The molecule has 4 nitrogen and oxygen atoms in total. The van der Waals surface area contributed by atoms with Gasteiger partial charge in [0.2, 0.25) is 0 Å². The van der Waals surface area contributed by atoms with E-state index in [9.17, 15) is 13.2 Å². The van der Waals surface area contributed by atoms with Crippen LogP contribution in [-0.4, -0.2) is 35.7 Å². The lowest BCUT2D eigenvalue weighted by molar-refractivity contribution is -0.175. The molecule has 1 aromatic heterocycles. The van der Waals surface area contributed by atoms with Gasteiger partial charge in [0.05, 0.1) is 29.0 Å². The maximum Gasteiger partial charge on any atom is 0.411 e. The summed E-state index contributed by atoms with van der Waals surface area (Å²) in [5, 5.41) is 7.46. The highest BCUT2D eigenvalue weighted by Crippen LogP contribution is 2.25. The molecule has 1 aromatic rings. The second-order valence-corrected chi connectivity index (χ2v) is 5.59. The molecule has 1 atom stereocenters. The first-order valence-corrected chi connectivity index (χ1v) is 7.77. The van der Waals surface area contributed by atoms with Gasteiger partial charge in [0, 0.05) is 6.54 Å². The molecule has 1 unspecified atom stereocenters. The zero-order chi connectivity index (χ0) is 15.9. The van der Waals surface area contributed by atoms with Gasteiger partial charge in [-0.05, 0) is 35.3 Å². The number of nitrogens with one attached hydrogen (secondary N) is 1. The molecule has 122 valence electrons. The number of aryl methyl sites for hydroxylation is 1. The zero-order valence-electron chi connectivity index (χ0n) is 12.2. The predicted molar refractivity (Wildman–Crippen MR) is 78.1 cm³/mol. The monoisotopic (exact) mass is 371 g/mol. The molecule has 0 bridgehead atoms. The highest BCUT2D eigenvalue weighted by molar-refractivity contribution is 9.10. The van der Waals surface area contributed by atoms with Crippen LogP contribution in [0.5, 0.6) is 0 Å². The fourth-order valence-corrected chi connectivity index (χ4v) is 2.53. The number of aromatic nitrogens is 2. The van der Waals surface area contributed by atoms with Crippen LogP contribution in [0, 0.1) is 0 Å². The molecule has 0 amide bonds. The molecule has 0 aliphatic rings. The Hall–Kier alpha value is -0.600. The third-order valence-corrected chi connectivity index (χ3v) is 3.40. The maximum atomic E-state index is 12.2. The molecule has 0 saturated heterocycles. The molecule has 1 rings (SSSR count). The lowest BCUT2D eigenvalue weighted by Crippen LogP contribution is -2.30. The molecule has 0 fully saturated rings. The fraction of sp³-hybridized carbons (Fsp3) is 0.769. The third kappa shape index (κ3) is 6.36. The van der Waals surface area contributed by atoms with Crippen molar-refractivity contribution >= 4 is 15.9 Å². The molecule has 1 heterocycles. The van der Waals surface area contributed by atoms with Crippen molar-refractivity contribution < 1.29 is 17.9 Å². The summed E-state index contributed by atoms with van der Waals surface area (Å²) in [5.41, 5.74) is 0.826. The van der Waals surface area contributed by atoms with Gasteiger partial charge in [0.25, 0.3) is 0 Å². The van der Waals surface area contributed by atoms with E-state index in [-0.39, 0.29) is 12.6 Å². The molecule has 21 heavy (non-hydrogen) atoms. The second-order valence-electron chi connectivity index (χ2n) is 4.74. The molecule has 8 heteroatoms. The minimum atomic E-state index is -4.31. The summed E-state index contributed by atoms with van der Waals surface area (Å²) in [5.74, 6) is 0. The van der Waals surface area contributed by atoms with Crippen molar-refractivity contribution in [3.63, 3.8) is 0 Å². The van der Waals surface area contributed by atoms with Crippen LogP contribution in [0.15, 0.2) is 10.7 Å². The van der Waals surface area contributed by atoms with E-state index in [1.54, 1.807) is 10.9 Å². The van der Waals surface area contributed by atoms with Crippen LogP contribution in [-0.2, 0) is 11.3 Å². The Morgan fingerprint density at radius 2 is 2.10 bits per heavy atom. The molecule has 1 N–H and O–H groups in total. The van der Waals surface area contributed by atoms with E-state index in [1.165, 1.54) is 0 Å². The predicted octanol–water partition coefficient (Wildman–Crippen LogP) is 3.68. The molecule has 0 aliphatic heterocycles. The Balaban J connectivity index is 2.78. The SMILES string of the molecule is CCCNC(COCC(F)(F)F)c1c(Br)cnn1CCC. The van der Waals surface area contributed by atoms with Gasteiger partial charge in [-0.1, -0.05) is 13.8 Å². The van der Waals surface area contributed by atoms with Crippen molar-refractivity contribution in [2.75, 3.05) is 19.8 Å². The van der Waals surface area contributed by atoms with E-state index in [0.717, 1.165) is 23.0 Å². The van der Waals surface area contributed by atoms with Crippen molar-refractivity contribution in [3.05, 3.63) is 16.4 Å². The largest absolute Gasteiger partial charge is 0.411 e. The standard InChI is InChI=1S/C13H21BrF3N3O/c1-3-5-18-11(8-21-9-13(15,16)17)12-10(14)7-19-20(12)6-4-2/h7,11,18H,3-6,8-9H2,1-2H3. The Morgan fingerprint density at radius 1 is 1.38 bits per heavy atom. The van der Waals surface area contributed by atoms with Crippen LogP contribution < -0.4 is 5.32 Å². The van der Waals surface area contributed by atoms with Crippen LogP contribution in [0.1, 0.15) is 38.4 Å². The second kappa shape index (κ2) is 8.75. The van der Waals surface area contributed by atoms with Gasteiger partial charge in [0.15, 0.2) is 0 Å². The molecular formula is C13H21BrF3N3O. The van der Waals surface area contributed by atoms with Crippen LogP contribution >= 0.6 is 15.9 Å². The van der Waals surface area contributed by atoms with Crippen molar-refractivity contribution in [1.29, 1.82) is 0 Å². The Labute approximate surface area is 131 Å². The van der Waals surface area contributed by atoms with Gasteiger partial charge < -0.3 is 10.1 Å². The lowest BCUT2D eigenvalue weighted by atomic mass is 10.2. The Bertz CT molecular complexity index is 423. The summed E-state index contributed by atoms with van der Waals surface area (Å²) >= 11 is 3.41. The Kier molecular flexibility index (Phi) is 7.69. The minimum Gasteiger partial charge on any atom is -0.370 e. The topological polar surface area (TPSA) is 39.1 Å². The molecule has 0 spiro atoms. The highest BCUT2D eigenvalue weighted by atomic mass is 79.9. The molecule has 0 aliphatic carbocycles. The minimum absolute atomic E-state index is 0.0481. The number of ether oxygens (including phenoxy) is 1. The van der Waals surface area contributed by atoms with Gasteiger partial charge in [-0.25, -0.2) is 0 Å². The zero-order valence-corrected chi connectivity index (χ0v) is 13.8. The van der Waals surface area contributed by atoms with E-state index >= 15 is 0 Å². The lowest BCUT2D eigenvalue weighted by Gasteiger charge is -2.21. The number of halogens is 4. The van der Waals surface area contributed by atoms with Crippen LogP contribution in [0.2, 0.25) is 0 Å². The van der Waals surface area contributed by atoms with Gasteiger partial charge >= 0.3 is 6.18 Å². The van der Waals surface area contributed by atoms with Gasteiger partial charge in [-0.2, -0.15) is 18.3 Å². The van der Waals surface area contributed by atoms with Crippen LogP contribution in [0.3, 0.4) is 0 Å². The van der Waals surface area contributed by atoms with Crippen molar-refractivity contribution in [1.82, 2.24) is 15.1 Å². The molecule has 0 saturated carbocycles. The van der Waals surface area contributed by atoms with Gasteiger partial charge in [-0.15, -0.1) is 0 Å². The first kappa shape index (κ1) is 18.4. The summed E-state index contributed by atoms with van der Waals surface area (Å²) < 4.78 is 44.0. The number of hydrogen-bond acceptors (Lipinski definition) is 3. The summed E-state index contributed by atoms with van der Waals surface area (Å²) in [6.45, 7) is 4.14. The maximum absolute atomic E-state index is 12.2.